The molecule has 1 atom stereocenters. The summed E-state index contributed by atoms with van der Waals surface area (Å²) in [6.07, 6.45) is 0.711. The second-order valence-electron chi connectivity index (χ2n) is 4.53. The van der Waals surface area contributed by atoms with Gasteiger partial charge in [-0.2, -0.15) is 0 Å². The van der Waals surface area contributed by atoms with Crippen LogP contribution < -0.4 is 5.32 Å². The maximum absolute atomic E-state index is 11.9. The summed E-state index contributed by atoms with van der Waals surface area (Å²) in [6.45, 7) is 3.69. The first-order valence-electron chi connectivity index (χ1n) is 6.03. The fraction of sp³-hybridized carbons (Fsp3) is 0.286. The fourth-order valence-electron chi connectivity index (χ4n) is 1.84. The molecule has 2 rings (SSSR count). The Labute approximate surface area is 116 Å². The minimum absolute atomic E-state index is 0.0111. The molecule has 0 fully saturated rings. The van der Waals surface area contributed by atoms with Crippen molar-refractivity contribution in [1.82, 2.24) is 10.5 Å². The van der Waals surface area contributed by atoms with Gasteiger partial charge >= 0.3 is 0 Å². The van der Waals surface area contributed by atoms with Crippen molar-refractivity contribution in [2.24, 2.45) is 0 Å². The van der Waals surface area contributed by atoms with Gasteiger partial charge in [0.1, 0.15) is 5.76 Å². The molecule has 0 saturated heterocycles. The first-order valence-corrected chi connectivity index (χ1v) is 6.41. The van der Waals surface area contributed by atoms with E-state index in [4.69, 9.17) is 16.1 Å². The van der Waals surface area contributed by atoms with Crippen LogP contribution in [0.2, 0.25) is 5.02 Å². The Bertz CT molecular complexity index is 580. The van der Waals surface area contributed by atoms with Crippen molar-refractivity contribution in [2.45, 2.75) is 26.3 Å². The summed E-state index contributed by atoms with van der Waals surface area (Å²) in [7, 11) is 0. The monoisotopic (exact) mass is 278 g/mol. The molecule has 1 amide bonds. The van der Waals surface area contributed by atoms with E-state index >= 15 is 0 Å². The molecule has 2 aromatic rings. The number of amides is 1. The summed E-state index contributed by atoms with van der Waals surface area (Å²) < 4.78 is 4.87. The molecule has 4 nitrogen and oxygen atoms in total. The molecular formula is C14H15ClN2O2. The Balaban J connectivity index is 1.94. The number of aromatic nitrogens is 1. The highest BCUT2D eigenvalue weighted by Gasteiger charge is 2.14. The lowest BCUT2D eigenvalue weighted by Crippen LogP contribution is -2.34. The van der Waals surface area contributed by atoms with E-state index in [-0.39, 0.29) is 11.9 Å². The van der Waals surface area contributed by atoms with Crippen molar-refractivity contribution in [1.29, 1.82) is 0 Å². The summed E-state index contributed by atoms with van der Waals surface area (Å²) in [5.74, 6) is 0.388. The first-order chi connectivity index (χ1) is 9.04. The molecule has 0 unspecified atom stereocenters. The molecule has 0 aliphatic rings. The van der Waals surface area contributed by atoms with Crippen LogP contribution in [-0.2, 0) is 6.42 Å². The third-order valence-electron chi connectivity index (χ3n) is 2.67. The maximum Gasteiger partial charge on any atom is 0.273 e. The van der Waals surface area contributed by atoms with Crippen molar-refractivity contribution in [3.8, 4) is 0 Å². The van der Waals surface area contributed by atoms with Gasteiger partial charge in [-0.3, -0.25) is 4.79 Å². The van der Waals surface area contributed by atoms with Crippen LogP contribution in [0.1, 0.15) is 28.7 Å². The van der Waals surface area contributed by atoms with Crippen molar-refractivity contribution >= 4 is 17.5 Å². The molecule has 1 heterocycles. The largest absolute Gasteiger partial charge is 0.361 e. The molecule has 0 spiro atoms. The third kappa shape index (κ3) is 3.83. The number of rotatable bonds is 4. The van der Waals surface area contributed by atoms with E-state index in [1.807, 2.05) is 31.2 Å². The second kappa shape index (κ2) is 5.89. The van der Waals surface area contributed by atoms with Crippen molar-refractivity contribution < 1.29 is 9.32 Å². The number of hydrogen-bond acceptors (Lipinski definition) is 3. The molecule has 0 aliphatic heterocycles. The first kappa shape index (κ1) is 13.6. The predicted octanol–water partition coefficient (Wildman–Crippen LogP) is 3.00. The Morgan fingerprint density at radius 1 is 1.47 bits per heavy atom. The van der Waals surface area contributed by atoms with Gasteiger partial charge in [0.2, 0.25) is 0 Å². The summed E-state index contributed by atoms with van der Waals surface area (Å²) in [4.78, 5) is 11.9. The quantitative estimate of drug-likeness (QED) is 0.935. The van der Waals surface area contributed by atoms with Crippen molar-refractivity contribution in [2.75, 3.05) is 0 Å². The van der Waals surface area contributed by atoms with Gasteiger partial charge in [0, 0.05) is 17.1 Å². The van der Waals surface area contributed by atoms with Crippen molar-refractivity contribution in [3.63, 3.8) is 0 Å². The summed E-state index contributed by atoms with van der Waals surface area (Å²) >= 11 is 5.92. The van der Waals surface area contributed by atoms with E-state index in [2.05, 4.69) is 10.5 Å². The summed E-state index contributed by atoms with van der Waals surface area (Å²) in [5, 5.41) is 7.25. The Hall–Kier alpha value is -1.81. The minimum atomic E-state index is -0.230. The van der Waals surface area contributed by atoms with Crippen LogP contribution >= 0.6 is 11.6 Å². The van der Waals surface area contributed by atoms with Crippen LogP contribution in [-0.4, -0.2) is 17.1 Å². The zero-order valence-electron chi connectivity index (χ0n) is 10.8. The lowest BCUT2D eigenvalue weighted by Gasteiger charge is -2.12. The predicted molar refractivity (Wildman–Crippen MR) is 73.3 cm³/mol. The standard InChI is InChI=1S/C14H15ClN2O2/c1-9(6-11-4-3-5-12(15)8-11)16-14(18)13-7-10(2)19-17-13/h3-5,7-9H,6H2,1-2H3,(H,16,18)/t9-/m0/s1. The zero-order valence-corrected chi connectivity index (χ0v) is 11.6. The molecular weight excluding hydrogens is 264 g/mol. The molecule has 100 valence electrons. The van der Waals surface area contributed by atoms with E-state index in [9.17, 15) is 4.79 Å². The van der Waals surface area contributed by atoms with Crippen LogP contribution in [0.25, 0.3) is 0 Å². The third-order valence-corrected chi connectivity index (χ3v) is 2.90. The van der Waals surface area contributed by atoms with Gasteiger partial charge in [-0.15, -0.1) is 0 Å². The fourth-order valence-corrected chi connectivity index (χ4v) is 2.05. The Kier molecular flexibility index (Phi) is 4.22. The average Bonchev–Trinajstić information content (AvgIpc) is 2.75. The SMILES string of the molecule is Cc1cc(C(=O)N[C@@H](C)Cc2cccc(Cl)c2)no1. The van der Waals surface area contributed by atoms with Gasteiger partial charge < -0.3 is 9.84 Å². The highest BCUT2D eigenvalue weighted by molar-refractivity contribution is 6.30. The molecule has 5 heteroatoms. The molecule has 0 bridgehead atoms. The number of halogens is 1. The number of nitrogens with zero attached hydrogens (tertiary/aromatic N) is 1. The number of carbonyl (C=O) groups excluding carboxylic acids is 1. The minimum Gasteiger partial charge on any atom is -0.361 e. The normalized spacial score (nSPS) is 12.2. The molecule has 1 aromatic carbocycles. The van der Waals surface area contributed by atoms with Gasteiger partial charge in [-0.05, 0) is 38.0 Å². The number of carbonyl (C=O) groups is 1. The van der Waals surface area contributed by atoms with Crippen LogP contribution in [0.5, 0.6) is 0 Å². The highest BCUT2D eigenvalue weighted by atomic mass is 35.5. The molecule has 0 aliphatic carbocycles. The van der Waals surface area contributed by atoms with E-state index in [0.29, 0.717) is 22.9 Å². The summed E-state index contributed by atoms with van der Waals surface area (Å²) in [6, 6.07) is 9.20. The molecule has 0 saturated carbocycles. The molecule has 1 N–H and O–H groups in total. The van der Waals surface area contributed by atoms with Crippen LogP contribution in [0.4, 0.5) is 0 Å². The van der Waals surface area contributed by atoms with Crippen molar-refractivity contribution in [3.05, 3.63) is 52.4 Å². The maximum atomic E-state index is 11.9. The Morgan fingerprint density at radius 3 is 2.89 bits per heavy atom. The number of benzene rings is 1. The number of aryl methyl sites for hydroxylation is 1. The summed E-state index contributed by atoms with van der Waals surface area (Å²) in [5.41, 5.74) is 1.38. The van der Waals surface area contributed by atoms with Gasteiger partial charge in [-0.25, -0.2) is 0 Å². The van der Waals surface area contributed by atoms with Gasteiger partial charge in [-0.1, -0.05) is 28.9 Å². The van der Waals surface area contributed by atoms with Gasteiger partial charge in [0.05, 0.1) is 0 Å². The number of nitrogens with one attached hydrogen (secondary N) is 1. The van der Waals surface area contributed by atoms with E-state index in [1.54, 1.807) is 13.0 Å². The highest BCUT2D eigenvalue weighted by Crippen LogP contribution is 2.12. The lowest BCUT2D eigenvalue weighted by atomic mass is 10.1. The van der Waals surface area contributed by atoms with Gasteiger partial charge in [0.15, 0.2) is 5.69 Å². The van der Waals surface area contributed by atoms with E-state index in [1.165, 1.54) is 0 Å². The number of hydrogen-bond donors (Lipinski definition) is 1. The lowest BCUT2D eigenvalue weighted by molar-refractivity contribution is 0.0931. The zero-order chi connectivity index (χ0) is 13.8. The topological polar surface area (TPSA) is 55.1 Å². The second-order valence-corrected chi connectivity index (χ2v) is 4.97. The molecule has 1 aromatic heterocycles. The molecule has 0 radical (unpaired) electrons. The smallest absolute Gasteiger partial charge is 0.273 e. The van der Waals surface area contributed by atoms with E-state index < -0.39 is 0 Å². The van der Waals surface area contributed by atoms with Crippen LogP contribution in [0.3, 0.4) is 0 Å². The van der Waals surface area contributed by atoms with Crippen LogP contribution in [0.15, 0.2) is 34.9 Å². The average molecular weight is 279 g/mol. The Morgan fingerprint density at radius 2 is 2.26 bits per heavy atom. The molecule has 19 heavy (non-hydrogen) atoms. The van der Waals surface area contributed by atoms with Gasteiger partial charge in [0.25, 0.3) is 5.91 Å². The van der Waals surface area contributed by atoms with E-state index in [0.717, 1.165) is 5.56 Å². The van der Waals surface area contributed by atoms with Crippen LogP contribution in [0, 0.1) is 6.92 Å².